The predicted molar refractivity (Wildman–Crippen MR) is 65.2 cm³/mol. The van der Waals surface area contributed by atoms with Gasteiger partial charge in [-0.25, -0.2) is 0 Å². The molecule has 2 nitrogen and oxygen atoms in total. The van der Waals surface area contributed by atoms with Crippen molar-refractivity contribution in [3.8, 4) is 0 Å². The molecule has 1 fully saturated rings. The zero-order valence-electron chi connectivity index (χ0n) is 9.46. The Bertz CT molecular complexity index is 141. The van der Waals surface area contributed by atoms with Gasteiger partial charge in [0, 0.05) is 11.8 Å². The Morgan fingerprint density at radius 2 is 2.00 bits per heavy atom. The van der Waals surface area contributed by atoms with Crippen molar-refractivity contribution in [2.75, 3.05) is 11.5 Å². The second kappa shape index (κ2) is 6.70. The number of hydrogen-bond acceptors (Lipinski definition) is 3. The van der Waals surface area contributed by atoms with Crippen molar-refractivity contribution in [1.29, 1.82) is 0 Å². The maximum Gasteiger partial charge on any atom is 0.0329 e. The quantitative estimate of drug-likeness (QED) is 0.547. The molecule has 84 valence electrons. The zero-order chi connectivity index (χ0) is 10.4. The molecule has 0 aromatic carbocycles. The molecule has 14 heavy (non-hydrogen) atoms. The Hall–Kier alpha value is 0.270. The second-order valence-electron chi connectivity index (χ2n) is 4.45. The van der Waals surface area contributed by atoms with Crippen LogP contribution in [0.5, 0.6) is 0 Å². The molecule has 0 radical (unpaired) electrons. The van der Waals surface area contributed by atoms with Gasteiger partial charge in [0.1, 0.15) is 0 Å². The van der Waals surface area contributed by atoms with Crippen molar-refractivity contribution in [3.05, 3.63) is 0 Å². The van der Waals surface area contributed by atoms with Gasteiger partial charge in [0.05, 0.1) is 0 Å². The molecule has 1 aliphatic rings. The van der Waals surface area contributed by atoms with Gasteiger partial charge in [-0.2, -0.15) is 11.8 Å². The summed E-state index contributed by atoms with van der Waals surface area (Å²) in [5, 5.41) is 0. The maximum atomic E-state index is 5.62. The minimum absolute atomic E-state index is 0.535. The molecular weight excluding hydrogens is 192 g/mol. The van der Waals surface area contributed by atoms with E-state index in [1.165, 1.54) is 37.2 Å². The molecule has 1 unspecified atom stereocenters. The molecule has 0 saturated heterocycles. The van der Waals surface area contributed by atoms with Gasteiger partial charge in [0.25, 0.3) is 0 Å². The van der Waals surface area contributed by atoms with Crippen LogP contribution in [0.25, 0.3) is 0 Å². The molecule has 3 heteroatoms. The molecule has 0 bridgehead atoms. The summed E-state index contributed by atoms with van der Waals surface area (Å²) in [6, 6.07) is 0.535. The molecular formula is C11H24N2S. The van der Waals surface area contributed by atoms with Crippen molar-refractivity contribution in [3.63, 3.8) is 0 Å². The first-order chi connectivity index (χ1) is 6.77. The molecule has 1 rings (SSSR count). The van der Waals surface area contributed by atoms with E-state index in [0.29, 0.717) is 6.04 Å². The third-order valence-corrected chi connectivity index (χ3v) is 4.35. The van der Waals surface area contributed by atoms with Gasteiger partial charge in [-0.3, -0.25) is 11.3 Å². The first-order valence-corrected chi connectivity index (χ1v) is 6.97. The predicted octanol–water partition coefficient (Wildman–Crippen LogP) is 2.40. The SMILES string of the molecule is CCSCC(NN)C1CCC(C)CC1. The second-order valence-corrected chi connectivity index (χ2v) is 5.77. The van der Waals surface area contributed by atoms with E-state index in [1.807, 2.05) is 11.8 Å². The first kappa shape index (κ1) is 12.3. The Morgan fingerprint density at radius 1 is 1.36 bits per heavy atom. The van der Waals surface area contributed by atoms with E-state index in [-0.39, 0.29) is 0 Å². The van der Waals surface area contributed by atoms with Gasteiger partial charge in [0.2, 0.25) is 0 Å². The molecule has 1 aliphatic carbocycles. The lowest BCUT2D eigenvalue weighted by molar-refractivity contribution is 0.243. The number of nitrogens with two attached hydrogens (primary N) is 1. The summed E-state index contributed by atoms with van der Waals surface area (Å²) in [7, 11) is 0. The Balaban J connectivity index is 2.29. The highest BCUT2D eigenvalue weighted by Crippen LogP contribution is 2.31. The van der Waals surface area contributed by atoms with E-state index in [2.05, 4.69) is 19.3 Å². The van der Waals surface area contributed by atoms with E-state index >= 15 is 0 Å². The van der Waals surface area contributed by atoms with Crippen molar-refractivity contribution in [2.24, 2.45) is 17.7 Å². The van der Waals surface area contributed by atoms with Crippen molar-refractivity contribution >= 4 is 11.8 Å². The Kier molecular flexibility index (Phi) is 5.90. The average Bonchev–Trinajstić information content (AvgIpc) is 2.21. The first-order valence-electron chi connectivity index (χ1n) is 5.81. The highest BCUT2D eigenvalue weighted by molar-refractivity contribution is 7.99. The minimum atomic E-state index is 0.535. The van der Waals surface area contributed by atoms with Crippen LogP contribution in [0.15, 0.2) is 0 Å². The maximum absolute atomic E-state index is 5.62. The molecule has 1 saturated carbocycles. The lowest BCUT2D eigenvalue weighted by Gasteiger charge is -2.32. The smallest absolute Gasteiger partial charge is 0.0329 e. The van der Waals surface area contributed by atoms with E-state index in [1.54, 1.807) is 0 Å². The molecule has 0 aromatic rings. The van der Waals surface area contributed by atoms with E-state index in [9.17, 15) is 0 Å². The van der Waals surface area contributed by atoms with Crippen LogP contribution in [0.2, 0.25) is 0 Å². The third kappa shape index (κ3) is 3.79. The van der Waals surface area contributed by atoms with Gasteiger partial charge in [-0.05, 0) is 30.4 Å². The molecule has 1 atom stereocenters. The minimum Gasteiger partial charge on any atom is -0.271 e. The fraction of sp³-hybridized carbons (Fsp3) is 1.00. The summed E-state index contributed by atoms with van der Waals surface area (Å²) in [6.45, 7) is 4.57. The van der Waals surface area contributed by atoms with E-state index in [4.69, 9.17) is 5.84 Å². The van der Waals surface area contributed by atoms with Crippen LogP contribution in [0.3, 0.4) is 0 Å². The molecule has 3 N–H and O–H groups in total. The summed E-state index contributed by atoms with van der Waals surface area (Å²) in [5.74, 6) is 9.73. The van der Waals surface area contributed by atoms with Gasteiger partial charge >= 0.3 is 0 Å². The number of nitrogens with one attached hydrogen (secondary N) is 1. The van der Waals surface area contributed by atoms with Gasteiger partial charge < -0.3 is 0 Å². The Labute approximate surface area is 92.4 Å². The van der Waals surface area contributed by atoms with Crippen LogP contribution in [-0.4, -0.2) is 17.5 Å². The zero-order valence-corrected chi connectivity index (χ0v) is 10.3. The van der Waals surface area contributed by atoms with E-state index in [0.717, 1.165) is 11.8 Å². The highest BCUT2D eigenvalue weighted by atomic mass is 32.2. The average molecular weight is 216 g/mol. The normalized spacial score (nSPS) is 30.2. The van der Waals surface area contributed by atoms with Gasteiger partial charge in [-0.1, -0.05) is 26.7 Å². The lowest BCUT2D eigenvalue weighted by atomic mass is 9.80. The molecule has 0 amide bonds. The summed E-state index contributed by atoms with van der Waals surface area (Å²) in [4.78, 5) is 0. The van der Waals surface area contributed by atoms with E-state index < -0.39 is 0 Å². The van der Waals surface area contributed by atoms with Crippen LogP contribution in [-0.2, 0) is 0 Å². The van der Waals surface area contributed by atoms with Crippen LogP contribution in [0, 0.1) is 11.8 Å². The van der Waals surface area contributed by atoms with Crippen LogP contribution < -0.4 is 11.3 Å². The van der Waals surface area contributed by atoms with Crippen molar-refractivity contribution < 1.29 is 0 Å². The fourth-order valence-electron chi connectivity index (χ4n) is 2.25. The summed E-state index contributed by atoms with van der Waals surface area (Å²) < 4.78 is 0. The fourth-order valence-corrected chi connectivity index (χ4v) is 3.11. The number of hydrogen-bond donors (Lipinski definition) is 2. The number of hydrazine groups is 1. The monoisotopic (exact) mass is 216 g/mol. The Morgan fingerprint density at radius 3 is 2.50 bits per heavy atom. The standard InChI is InChI=1S/C11H24N2S/c1-3-14-8-11(13-12)10-6-4-9(2)5-7-10/h9-11,13H,3-8,12H2,1-2H3. The van der Waals surface area contributed by atoms with Crippen molar-refractivity contribution in [1.82, 2.24) is 5.43 Å². The topological polar surface area (TPSA) is 38.0 Å². The van der Waals surface area contributed by atoms with Gasteiger partial charge in [0.15, 0.2) is 0 Å². The highest BCUT2D eigenvalue weighted by Gasteiger charge is 2.24. The molecule has 0 aliphatic heterocycles. The summed E-state index contributed by atoms with van der Waals surface area (Å²) in [5.41, 5.74) is 3.00. The molecule has 0 heterocycles. The van der Waals surface area contributed by atoms with Crippen LogP contribution in [0.1, 0.15) is 39.5 Å². The van der Waals surface area contributed by atoms with Crippen LogP contribution >= 0.6 is 11.8 Å². The van der Waals surface area contributed by atoms with Crippen LogP contribution in [0.4, 0.5) is 0 Å². The lowest BCUT2D eigenvalue weighted by Crippen LogP contribution is -2.43. The van der Waals surface area contributed by atoms with Gasteiger partial charge in [-0.15, -0.1) is 0 Å². The number of thioether (sulfide) groups is 1. The summed E-state index contributed by atoms with van der Waals surface area (Å²) in [6.07, 6.45) is 5.50. The summed E-state index contributed by atoms with van der Waals surface area (Å²) >= 11 is 1.99. The van der Waals surface area contributed by atoms with Crippen molar-refractivity contribution in [2.45, 2.75) is 45.6 Å². The third-order valence-electron chi connectivity index (χ3n) is 3.35. The molecule has 0 aromatic heterocycles. The largest absolute Gasteiger partial charge is 0.271 e. The molecule has 0 spiro atoms. The number of rotatable bonds is 5.